The van der Waals surface area contributed by atoms with Crippen LogP contribution in [0.2, 0.25) is 0 Å². The Hall–Kier alpha value is -1.17. The summed E-state index contributed by atoms with van der Waals surface area (Å²) < 4.78 is 8.53. The molecule has 0 unspecified atom stereocenters. The van der Waals surface area contributed by atoms with E-state index in [0.717, 1.165) is 36.1 Å². The average Bonchev–Trinajstić information content (AvgIpc) is 2.55. The molecule has 0 aliphatic rings. The highest BCUT2D eigenvalue weighted by Gasteiger charge is 2.11. The van der Waals surface area contributed by atoms with Crippen LogP contribution in [0.4, 0.5) is 0 Å². The van der Waals surface area contributed by atoms with Crippen molar-refractivity contribution < 1.29 is 4.74 Å². The first kappa shape index (κ1) is 16.7. The predicted molar refractivity (Wildman–Crippen MR) is 104 cm³/mol. The number of hydrogen-bond donors (Lipinski definition) is 0. The number of rotatable bonds is 4. The summed E-state index contributed by atoms with van der Waals surface area (Å²) >= 11 is 10.6. The summed E-state index contributed by atoms with van der Waals surface area (Å²) in [6, 6.07) is 20.0. The van der Waals surface area contributed by atoms with Crippen LogP contribution in [0, 0.1) is 0 Å². The van der Waals surface area contributed by atoms with Crippen molar-refractivity contribution in [3.05, 3.63) is 79.8 Å². The highest BCUT2D eigenvalue weighted by molar-refractivity contribution is 9.11. The van der Waals surface area contributed by atoms with E-state index in [0.29, 0.717) is 6.61 Å². The van der Waals surface area contributed by atoms with Gasteiger partial charge < -0.3 is 4.74 Å². The van der Waals surface area contributed by atoms with Gasteiger partial charge >= 0.3 is 0 Å². The summed E-state index contributed by atoms with van der Waals surface area (Å²) in [4.78, 5) is 4.48. The third kappa shape index (κ3) is 4.22. The topological polar surface area (TPSA) is 22.1 Å². The number of halogens is 3. The molecular formula is C18H12Br3NO. The monoisotopic (exact) mass is 495 g/mol. The third-order valence-corrected chi connectivity index (χ3v) is 4.85. The highest BCUT2D eigenvalue weighted by atomic mass is 79.9. The number of nitrogens with zero attached hydrogens (tertiary/aromatic N) is 1. The van der Waals surface area contributed by atoms with Crippen molar-refractivity contribution in [3.63, 3.8) is 0 Å². The molecule has 0 aliphatic carbocycles. The number of benzene rings is 2. The van der Waals surface area contributed by atoms with Gasteiger partial charge in [0, 0.05) is 5.56 Å². The van der Waals surface area contributed by atoms with Gasteiger partial charge in [0.05, 0.1) is 14.6 Å². The molecule has 0 spiro atoms. The maximum atomic E-state index is 5.94. The largest absolute Gasteiger partial charge is 0.487 e. The average molecular weight is 498 g/mol. The zero-order valence-corrected chi connectivity index (χ0v) is 16.7. The van der Waals surface area contributed by atoms with Crippen LogP contribution in [-0.4, -0.2) is 4.98 Å². The zero-order chi connectivity index (χ0) is 16.2. The van der Waals surface area contributed by atoms with Crippen LogP contribution in [0.25, 0.3) is 11.3 Å². The second kappa shape index (κ2) is 7.60. The zero-order valence-electron chi connectivity index (χ0n) is 12.0. The quantitative estimate of drug-likeness (QED) is 0.378. The van der Waals surface area contributed by atoms with Crippen molar-refractivity contribution in [1.29, 1.82) is 0 Å². The van der Waals surface area contributed by atoms with E-state index in [1.807, 2.05) is 60.7 Å². The van der Waals surface area contributed by atoms with Gasteiger partial charge in [-0.05, 0) is 77.6 Å². The van der Waals surface area contributed by atoms with Gasteiger partial charge in [0.25, 0.3) is 0 Å². The third-order valence-electron chi connectivity index (χ3n) is 3.24. The van der Waals surface area contributed by atoms with Gasteiger partial charge in [0.1, 0.15) is 17.0 Å². The van der Waals surface area contributed by atoms with Crippen LogP contribution in [0.3, 0.4) is 0 Å². The van der Waals surface area contributed by atoms with Crippen LogP contribution < -0.4 is 4.74 Å². The minimum Gasteiger partial charge on any atom is -0.487 e. The van der Waals surface area contributed by atoms with Gasteiger partial charge in [0.2, 0.25) is 0 Å². The van der Waals surface area contributed by atoms with Crippen molar-refractivity contribution >= 4 is 47.8 Å². The molecule has 0 atom stereocenters. The molecule has 0 bridgehead atoms. The van der Waals surface area contributed by atoms with E-state index in [4.69, 9.17) is 4.74 Å². The molecule has 0 fully saturated rings. The first-order valence-electron chi connectivity index (χ1n) is 6.92. The molecule has 0 radical (unpaired) electrons. The van der Waals surface area contributed by atoms with E-state index in [1.54, 1.807) is 0 Å². The van der Waals surface area contributed by atoms with Gasteiger partial charge in [-0.15, -0.1) is 0 Å². The van der Waals surface area contributed by atoms with Gasteiger partial charge in [-0.25, -0.2) is 4.98 Å². The van der Waals surface area contributed by atoms with E-state index >= 15 is 0 Å². The summed E-state index contributed by atoms with van der Waals surface area (Å²) in [5.74, 6) is 0.785. The molecule has 0 amide bonds. The Balaban J connectivity index is 1.86. The predicted octanol–water partition coefficient (Wildman–Crippen LogP) is 6.62. The Morgan fingerprint density at radius 1 is 0.826 bits per heavy atom. The lowest BCUT2D eigenvalue weighted by Gasteiger charge is -2.12. The normalized spacial score (nSPS) is 10.6. The van der Waals surface area contributed by atoms with Crippen molar-refractivity contribution in [1.82, 2.24) is 4.98 Å². The molecule has 3 rings (SSSR count). The Morgan fingerprint density at radius 2 is 1.52 bits per heavy atom. The fourth-order valence-electron chi connectivity index (χ4n) is 2.14. The molecule has 0 N–H and O–H groups in total. The molecule has 2 nitrogen and oxygen atoms in total. The fourth-order valence-corrected chi connectivity index (χ4v) is 3.90. The lowest BCUT2D eigenvalue weighted by molar-refractivity contribution is 0.302. The Labute approximate surface area is 160 Å². The highest BCUT2D eigenvalue weighted by Crippen LogP contribution is 2.38. The SMILES string of the molecule is Brc1cccc(-c2cc(Br)c(OCc3ccccc3)c(Br)c2)n1. The van der Waals surface area contributed by atoms with Crippen LogP contribution >= 0.6 is 47.8 Å². The fraction of sp³-hybridized carbons (Fsp3) is 0.0556. The van der Waals surface area contributed by atoms with Crippen LogP contribution in [0.15, 0.2) is 74.2 Å². The molecule has 1 aromatic heterocycles. The van der Waals surface area contributed by atoms with Crippen molar-refractivity contribution in [2.24, 2.45) is 0 Å². The van der Waals surface area contributed by atoms with E-state index in [1.165, 1.54) is 0 Å². The molecule has 2 aromatic carbocycles. The first-order valence-corrected chi connectivity index (χ1v) is 9.30. The van der Waals surface area contributed by atoms with Gasteiger partial charge in [-0.1, -0.05) is 36.4 Å². The Kier molecular flexibility index (Phi) is 5.51. The summed E-state index contributed by atoms with van der Waals surface area (Å²) in [6.07, 6.45) is 0. The summed E-state index contributed by atoms with van der Waals surface area (Å²) in [5.41, 5.74) is 3.04. The number of hydrogen-bond acceptors (Lipinski definition) is 2. The molecule has 1 heterocycles. The molecule has 0 saturated heterocycles. The van der Waals surface area contributed by atoms with Crippen molar-refractivity contribution in [2.45, 2.75) is 6.61 Å². The van der Waals surface area contributed by atoms with Crippen molar-refractivity contribution in [3.8, 4) is 17.0 Å². The first-order chi connectivity index (χ1) is 11.1. The molecule has 0 saturated carbocycles. The molecule has 3 aromatic rings. The molecule has 5 heteroatoms. The standard InChI is InChI=1S/C18H12Br3NO/c19-14-9-13(16-7-4-8-17(21)22-16)10-15(20)18(14)23-11-12-5-2-1-3-6-12/h1-10H,11H2. The van der Waals surface area contributed by atoms with E-state index in [9.17, 15) is 0 Å². The minimum absolute atomic E-state index is 0.520. The van der Waals surface area contributed by atoms with E-state index in [-0.39, 0.29) is 0 Å². The maximum absolute atomic E-state index is 5.94. The van der Waals surface area contributed by atoms with E-state index < -0.39 is 0 Å². The number of pyridine rings is 1. The second-order valence-corrected chi connectivity index (χ2v) is 7.41. The van der Waals surface area contributed by atoms with Crippen LogP contribution in [0.5, 0.6) is 5.75 Å². The Morgan fingerprint density at radius 3 is 2.17 bits per heavy atom. The minimum atomic E-state index is 0.520. The second-order valence-electron chi connectivity index (χ2n) is 4.89. The summed E-state index contributed by atoms with van der Waals surface area (Å²) in [5, 5.41) is 0. The molecular weight excluding hydrogens is 486 g/mol. The van der Waals surface area contributed by atoms with Crippen LogP contribution in [-0.2, 0) is 6.61 Å². The van der Waals surface area contributed by atoms with Gasteiger partial charge in [-0.3, -0.25) is 0 Å². The van der Waals surface area contributed by atoms with Crippen LogP contribution in [0.1, 0.15) is 5.56 Å². The molecule has 0 aliphatic heterocycles. The molecule has 23 heavy (non-hydrogen) atoms. The summed E-state index contributed by atoms with van der Waals surface area (Å²) in [6.45, 7) is 0.520. The Bertz CT molecular complexity index is 799. The van der Waals surface area contributed by atoms with E-state index in [2.05, 4.69) is 52.8 Å². The lowest BCUT2D eigenvalue weighted by Crippen LogP contribution is -1.97. The summed E-state index contributed by atoms with van der Waals surface area (Å²) in [7, 11) is 0. The number of aromatic nitrogens is 1. The molecule has 116 valence electrons. The lowest BCUT2D eigenvalue weighted by atomic mass is 10.1. The van der Waals surface area contributed by atoms with Crippen molar-refractivity contribution in [2.75, 3.05) is 0 Å². The maximum Gasteiger partial charge on any atom is 0.148 e. The number of ether oxygens (including phenoxy) is 1. The van der Waals surface area contributed by atoms with Gasteiger partial charge in [0.15, 0.2) is 0 Å². The van der Waals surface area contributed by atoms with Gasteiger partial charge in [-0.2, -0.15) is 0 Å². The smallest absolute Gasteiger partial charge is 0.148 e.